The standard InChI is InChI=1S/C8H8ClFO2S/c1-5(13(11)12)6-2-3-8(10)7(9)4-6/h2-5H,1H3,(H,11,12)/p-1. The molecule has 0 fully saturated rings. The van der Waals surface area contributed by atoms with Crippen LogP contribution in [-0.2, 0) is 11.1 Å². The van der Waals surface area contributed by atoms with Gasteiger partial charge in [-0.05, 0) is 35.7 Å². The van der Waals surface area contributed by atoms with Gasteiger partial charge in [-0.3, -0.25) is 4.21 Å². The van der Waals surface area contributed by atoms with Crippen LogP contribution in [0.2, 0.25) is 5.02 Å². The van der Waals surface area contributed by atoms with E-state index in [1.54, 1.807) is 0 Å². The molecule has 2 nitrogen and oxygen atoms in total. The Morgan fingerprint density at radius 1 is 1.62 bits per heavy atom. The van der Waals surface area contributed by atoms with Crippen LogP contribution in [0.25, 0.3) is 0 Å². The predicted octanol–water partition coefficient (Wildman–Crippen LogP) is 2.42. The molecule has 13 heavy (non-hydrogen) atoms. The van der Waals surface area contributed by atoms with Crippen molar-refractivity contribution in [3.05, 3.63) is 34.6 Å². The van der Waals surface area contributed by atoms with Gasteiger partial charge in [0.15, 0.2) is 0 Å². The molecule has 72 valence electrons. The summed E-state index contributed by atoms with van der Waals surface area (Å²) in [5.74, 6) is -0.547. The maximum atomic E-state index is 12.7. The minimum atomic E-state index is -2.21. The van der Waals surface area contributed by atoms with E-state index in [9.17, 15) is 13.2 Å². The highest BCUT2D eigenvalue weighted by Crippen LogP contribution is 2.23. The van der Waals surface area contributed by atoms with E-state index in [-0.39, 0.29) is 5.02 Å². The van der Waals surface area contributed by atoms with Crippen molar-refractivity contribution in [2.45, 2.75) is 12.2 Å². The number of benzene rings is 1. The SMILES string of the molecule is CC(c1ccc(F)c(Cl)c1)S(=O)[O-]. The Balaban J connectivity index is 3.03. The summed E-state index contributed by atoms with van der Waals surface area (Å²) in [6.45, 7) is 1.51. The molecule has 0 N–H and O–H groups in total. The van der Waals surface area contributed by atoms with Gasteiger partial charge < -0.3 is 4.55 Å². The summed E-state index contributed by atoms with van der Waals surface area (Å²) < 4.78 is 33.8. The van der Waals surface area contributed by atoms with E-state index < -0.39 is 22.1 Å². The van der Waals surface area contributed by atoms with Crippen molar-refractivity contribution >= 4 is 22.7 Å². The zero-order valence-corrected chi connectivity index (χ0v) is 8.36. The van der Waals surface area contributed by atoms with Crippen molar-refractivity contribution in [1.82, 2.24) is 0 Å². The third-order valence-corrected chi connectivity index (χ3v) is 2.84. The van der Waals surface area contributed by atoms with Crippen molar-refractivity contribution in [1.29, 1.82) is 0 Å². The lowest BCUT2D eigenvalue weighted by Gasteiger charge is -2.14. The van der Waals surface area contributed by atoms with Gasteiger partial charge in [0.1, 0.15) is 5.82 Å². The zero-order valence-electron chi connectivity index (χ0n) is 6.79. The molecule has 0 radical (unpaired) electrons. The van der Waals surface area contributed by atoms with Crippen molar-refractivity contribution in [2.75, 3.05) is 0 Å². The molecule has 2 atom stereocenters. The maximum absolute atomic E-state index is 12.7. The first-order valence-electron chi connectivity index (χ1n) is 3.55. The van der Waals surface area contributed by atoms with Crippen LogP contribution < -0.4 is 0 Å². The van der Waals surface area contributed by atoms with E-state index in [4.69, 9.17) is 11.6 Å². The molecule has 5 heteroatoms. The van der Waals surface area contributed by atoms with Gasteiger partial charge in [-0.25, -0.2) is 4.39 Å². The molecule has 0 aliphatic rings. The lowest BCUT2D eigenvalue weighted by Crippen LogP contribution is -2.01. The van der Waals surface area contributed by atoms with Gasteiger partial charge >= 0.3 is 0 Å². The molecule has 1 aromatic carbocycles. The Kier molecular flexibility index (Phi) is 3.41. The smallest absolute Gasteiger partial charge is 0.141 e. The summed E-state index contributed by atoms with van der Waals surface area (Å²) in [5, 5.41) is -0.729. The van der Waals surface area contributed by atoms with E-state index in [0.29, 0.717) is 5.56 Å². The van der Waals surface area contributed by atoms with Crippen molar-refractivity contribution in [3.63, 3.8) is 0 Å². The second-order valence-electron chi connectivity index (χ2n) is 2.58. The number of halogens is 2. The Bertz CT molecular complexity index is 343. The maximum Gasteiger partial charge on any atom is 0.141 e. The molecule has 0 spiro atoms. The summed E-state index contributed by atoms with van der Waals surface area (Å²) in [6.07, 6.45) is 0. The molecule has 2 unspecified atom stereocenters. The fraction of sp³-hybridized carbons (Fsp3) is 0.250. The first-order chi connectivity index (χ1) is 6.02. The van der Waals surface area contributed by atoms with Crippen LogP contribution in [0.15, 0.2) is 18.2 Å². The Labute approximate surface area is 83.0 Å². The molecule has 0 saturated carbocycles. The van der Waals surface area contributed by atoms with Crippen molar-refractivity contribution in [2.24, 2.45) is 0 Å². The Morgan fingerprint density at radius 2 is 2.23 bits per heavy atom. The lowest BCUT2D eigenvalue weighted by molar-refractivity contribution is 0.527. The molecule has 1 aromatic rings. The van der Waals surface area contributed by atoms with Gasteiger partial charge in [-0.15, -0.1) is 0 Å². The van der Waals surface area contributed by atoms with E-state index in [1.807, 2.05) is 0 Å². The third-order valence-electron chi connectivity index (χ3n) is 1.70. The minimum absolute atomic E-state index is 0.0604. The van der Waals surface area contributed by atoms with E-state index in [1.165, 1.54) is 19.1 Å². The highest BCUT2D eigenvalue weighted by atomic mass is 35.5. The van der Waals surface area contributed by atoms with Gasteiger partial charge in [-0.1, -0.05) is 17.7 Å². The normalized spacial score (nSPS) is 15.4. The van der Waals surface area contributed by atoms with Crippen molar-refractivity contribution < 1.29 is 13.2 Å². The van der Waals surface area contributed by atoms with Crippen LogP contribution in [0.1, 0.15) is 17.7 Å². The largest absolute Gasteiger partial charge is 0.772 e. The monoisotopic (exact) mass is 221 g/mol. The van der Waals surface area contributed by atoms with E-state index >= 15 is 0 Å². The van der Waals surface area contributed by atoms with Gasteiger partial charge in [0.05, 0.1) is 5.02 Å². The quantitative estimate of drug-likeness (QED) is 0.720. The number of hydrogen-bond acceptors (Lipinski definition) is 2. The van der Waals surface area contributed by atoms with Gasteiger partial charge in [0.25, 0.3) is 0 Å². The molecule has 0 aliphatic carbocycles. The second kappa shape index (κ2) is 4.17. The Morgan fingerprint density at radius 3 is 2.69 bits per heavy atom. The predicted molar refractivity (Wildman–Crippen MR) is 48.7 cm³/mol. The molecule has 0 aromatic heterocycles. The molecule has 0 amide bonds. The third kappa shape index (κ3) is 2.49. The van der Waals surface area contributed by atoms with Crippen LogP contribution in [0.4, 0.5) is 4.39 Å². The van der Waals surface area contributed by atoms with Crippen LogP contribution in [0.5, 0.6) is 0 Å². The first-order valence-corrected chi connectivity index (χ1v) is 5.07. The number of rotatable bonds is 2. The molecular formula is C8H7ClFO2S-. The fourth-order valence-corrected chi connectivity index (χ4v) is 1.43. The second-order valence-corrected chi connectivity index (χ2v) is 4.21. The first kappa shape index (κ1) is 10.6. The highest BCUT2D eigenvalue weighted by Gasteiger charge is 2.08. The Hall–Kier alpha value is -0.450. The van der Waals surface area contributed by atoms with Gasteiger partial charge in [0.2, 0.25) is 0 Å². The summed E-state index contributed by atoms with van der Waals surface area (Å²) in [7, 11) is 0. The van der Waals surface area contributed by atoms with E-state index in [0.717, 1.165) is 6.07 Å². The average molecular weight is 222 g/mol. The van der Waals surface area contributed by atoms with Crippen LogP contribution in [-0.4, -0.2) is 8.76 Å². The molecular weight excluding hydrogens is 215 g/mol. The van der Waals surface area contributed by atoms with Crippen molar-refractivity contribution in [3.8, 4) is 0 Å². The lowest BCUT2D eigenvalue weighted by atomic mass is 10.2. The molecule has 0 saturated heterocycles. The fourth-order valence-electron chi connectivity index (χ4n) is 0.876. The van der Waals surface area contributed by atoms with Crippen LogP contribution in [0.3, 0.4) is 0 Å². The topological polar surface area (TPSA) is 40.1 Å². The summed E-state index contributed by atoms with van der Waals surface area (Å²) in [5.41, 5.74) is 0.486. The van der Waals surface area contributed by atoms with E-state index in [2.05, 4.69) is 0 Å². The molecule has 0 aliphatic heterocycles. The average Bonchev–Trinajstić information content (AvgIpc) is 2.08. The summed E-state index contributed by atoms with van der Waals surface area (Å²) >= 11 is 3.28. The zero-order chi connectivity index (χ0) is 10.0. The summed E-state index contributed by atoms with van der Waals surface area (Å²) in [4.78, 5) is 0. The van der Waals surface area contributed by atoms with Crippen LogP contribution >= 0.6 is 11.6 Å². The molecule has 0 bridgehead atoms. The number of hydrogen-bond donors (Lipinski definition) is 0. The van der Waals surface area contributed by atoms with Gasteiger partial charge in [0, 0.05) is 5.25 Å². The molecule has 1 rings (SSSR count). The minimum Gasteiger partial charge on any atom is -0.772 e. The summed E-state index contributed by atoms with van der Waals surface area (Å²) in [6, 6.07) is 3.88. The molecule has 0 heterocycles. The van der Waals surface area contributed by atoms with Gasteiger partial charge in [-0.2, -0.15) is 0 Å². The van der Waals surface area contributed by atoms with Crippen LogP contribution in [0, 0.1) is 5.82 Å². The highest BCUT2D eigenvalue weighted by molar-refractivity contribution is 7.79.